The van der Waals surface area contributed by atoms with Gasteiger partial charge in [0.25, 0.3) is 0 Å². The van der Waals surface area contributed by atoms with E-state index in [9.17, 15) is 0 Å². The Labute approximate surface area is 90.5 Å². The van der Waals surface area contributed by atoms with Gasteiger partial charge in [0.05, 0.1) is 5.69 Å². The van der Waals surface area contributed by atoms with Crippen LogP contribution in [0.25, 0.3) is 10.8 Å². The first-order chi connectivity index (χ1) is 6.79. The molecule has 0 bridgehead atoms. The number of nitrogens with two attached hydrogens (primary N) is 1. The van der Waals surface area contributed by atoms with Crippen molar-refractivity contribution >= 4 is 22.9 Å². The lowest BCUT2D eigenvalue weighted by molar-refractivity contribution is 0.583. The second kappa shape index (κ2) is 4.13. The Morgan fingerprint density at radius 1 is 1.50 bits per heavy atom. The number of thiazole rings is 1. The third kappa shape index (κ3) is 1.97. The second-order valence-electron chi connectivity index (χ2n) is 2.79. The summed E-state index contributed by atoms with van der Waals surface area (Å²) in [7, 11) is 0. The van der Waals surface area contributed by atoms with Crippen LogP contribution in [-0.2, 0) is 6.42 Å². The van der Waals surface area contributed by atoms with Crippen molar-refractivity contribution in [2.45, 2.75) is 6.42 Å². The van der Waals surface area contributed by atoms with E-state index in [1.807, 2.05) is 11.4 Å². The van der Waals surface area contributed by atoms with Gasteiger partial charge in [0.15, 0.2) is 16.0 Å². The SMILES string of the molecule is NCCc1csc(-c2ccc(Cl)o2)n1. The third-order valence-corrected chi connectivity index (χ3v) is 2.85. The molecule has 0 aliphatic rings. The van der Waals surface area contributed by atoms with E-state index in [2.05, 4.69) is 4.98 Å². The van der Waals surface area contributed by atoms with Gasteiger partial charge in [-0.15, -0.1) is 11.3 Å². The molecular weight excluding hydrogens is 220 g/mol. The smallest absolute Gasteiger partial charge is 0.194 e. The van der Waals surface area contributed by atoms with Crippen LogP contribution in [0.3, 0.4) is 0 Å². The molecule has 74 valence electrons. The first-order valence-corrected chi connectivity index (χ1v) is 5.45. The maximum atomic E-state index is 5.67. The van der Waals surface area contributed by atoms with Crippen molar-refractivity contribution in [3.8, 4) is 10.8 Å². The highest BCUT2D eigenvalue weighted by molar-refractivity contribution is 7.13. The first-order valence-electron chi connectivity index (χ1n) is 4.20. The minimum absolute atomic E-state index is 0.385. The Bertz CT molecular complexity index is 424. The molecule has 0 saturated heterocycles. The van der Waals surface area contributed by atoms with E-state index in [1.165, 1.54) is 11.3 Å². The maximum absolute atomic E-state index is 5.67. The molecule has 0 aliphatic heterocycles. The summed E-state index contributed by atoms with van der Waals surface area (Å²) < 4.78 is 5.24. The van der Waals surface area contributed by atoms with Gasteiger partial charge in [0.1, 0.15) is 0 Å². The van der Waals surface area contributed by atoms with Gasteiger partial charge in [-0.25, -0.2) is 4.98 Å². The van der Waals surface area contributed by atoms with Crippen molar-refractivity contribution in [1.82, 2.24) is 4.98 Å². The lowest BCUT2D eigenvalue weighted by atomic mass is 10.3. The molecule has 2 N–H and O–H groups in total. The van der Waals surface area contributed by atoms with Crippen LogP contribution in [0, 0.1) is 0 Å². The third-order valence-electron chi connectivity index (χ3n) is 1.74. The summed E-state index contributed by atoms with van der Waals surface area (Å²) in [6.07, 6.45) is 0.797. The zero-order valence-corrected chi connectivity index (χ0v) is 8.94. The largest absolute Gasteiger partial charge is 0.442 e. The van der Waals surface area contributed by atoms with E-state index in [-0.39, 0.29) is 0 Å². The van der Waals surface area contributed by atoms with E-state index >= 15 is 0 Å². The van der Waals surface area contributed by atoms with Crippen LogP contribution in [0.4, 0.5) is 0 Å². The van der Waals surface area contributed by atoms with Gasteiger partial charge in [0, 0.05) is 11.8 Å². The number of furan rings is 1. The van der Waals surface area contributed by atoms with E-state index in [0.717, 1.165) is 17.1 Å². The highest BCUT2D eigenvalue weighted by Gasteiger charge is 2.07. The van der Waals surface area contributed by atoms with Crippen LogP contribution in [0.5, 0.6) is 0 Å². The van der Waals surface area contributed by atoms with Gasteiger partial charge in [0.2, 0.25) is 0 Å². The molecule has 14 heavy (non-hydrogen) atoms. The van der Waals surface area contributed by atoms with Crippen molar-refractivity contribution in [3.05, 3.63) is 28.4 Å². The molecule has 2 aromatic heterocycles. The average molecular weight is 229 g/mol. The van der Waals surface area contributed by atoms with Gasteiger partial charge < -0.3 is 10.2 Å². The van der Waals surface area contributed by atoms with Crippen LogP contribution in [-0.4, -0.2) is 11.5 Å². The number of halogens is 1. The molecule has 0 atom stereocenters. The average Bonchev–Trinajstić information content (AvgIpc) is 2.74. The fourth-order valence-corrected chi connectivity index (χ4v) is 2.07. The Balaban J connectivity index is 2.24. The quantitative estimate of drug-likeness (QED) is 0.879. The monoisotopic (exact) mass is 228 g/mol. The highest BCUT2D eigenvalue weighted by Crippen LogP contribution is 2.27. The molecule has 5 heteroatoms. The molecule has 0 amide bonds. The van der Waals surface area contributed by atoms with E-state index < -0.39 is 0 Å². The molecule has 0 aromatic carbocycles. The highest BCUT2D eigenvalue weighted by atomic mass is 35.5. The normalized spacial score (nSPS) is 10.7. The Kier molecular flexibility index (Phi) is 2.86. The van der Waals surface area contributed by atoms with Crippen LogP contribution < -0.4 is 5.73 Å². The fourth-order valence-electron chi connectivity index (χ4n) is 1.11. The molecule has 2 rings (SSSR count). The molecule has 2 heterocycles. The Morgan fingerprint density at radius 3 is 3.00 bits per heavy atom. The van der Waals surface area contributed by atoms with Crippen molar-refractivity contribution in [1.29, 1.82) is 0 Å². The molecule has 0 fully saturated rings. The molecule has 0 aliphatic carbocycles. The number of rotatable bonds is 3. The van der Waals surface area contributed by atoms with Crippen LogP contribution >= 0.6 is 22.9 Å². The summed E-state index contributed by atoms with van der Waals surface area (Å²) in [5.74, 6) is 0.711. The van der Waals surface area contributed by atoms with Crippen molar-refractivity contribution in [2.75, 3.05) is 6.54 Å². The number of hydrogen-bond acceptors (Lipinski definition) is 4. The first kappa shape index (κ1) is 9.71. The van der Waals surface area contributed by atoms with E-state index in [1.54, 1.807) is 6.07 Å². The van der Waals surface area contributed by atoms with Crippen LogP contribution in [0.15, 0.2) is 21.9 Å². The lowest BCUT2D eigenvalue weighted by Crippen LogP contribution is -2.02. The molecule has 0 unspecified atom stereocenters. The Morgan fingerprint density at radius 2 is 2.36 bits per heavy atom. The van der Waals surface area contributed by atoms with E-state index in [4.69, 9.17) is 21.8 Å². The summed E-state index contributed by atoms with van der Waals surface area (Å²) in [6, 6.07) is 3.52. The predicted octanol–water partition coefficient (Wildman–Crippen LogP) is 2.56. The van der Waals surface area contributed by atoms with Gasteiger partial charge in [-0.3, -0.25) is 0 Å². The summed E-state index contributed by atoms with van der Waals surface area (Å²) in [5, 5.41) is 3.22. The van der Waals surface area contributed by atoms with Gasteiger partial charge in [-0.05, 0) is 30.3 Å². The second-order valence-corrected chi connectivity index (χ2v) is 4.02. The van der Waals surface area contributed by atoms with Crippen LogP contribution in [0.2, 0.25) is 5.22 Å². The minimum Gasteiger partial charge on any atom is -0.442 e. The maximum Gasteiger partial charge on any atom is 0.194 e. The Hall–Kier alpha value is -0.840. The summed E-state index contributed by atoms with van der Waals surface area (Å²) in [6.45, 7) is 0.613. The number of hydrogen-bond donors (Lipinski definition) is 1. The fraction of sp³-hybridized carbons (Fsp3) is 0.222. The van der Waals surface area contributed by atoms with Crippen molar-refractivity contribution in [2.24, 2.45) is 5.73 Å². The standard InChI is InChI=1S/C9H9ClN2OS/c10-8-2-1-7(13-8)9-12-6(3-4-11)5-14-9/h1-2,5H,3-4,11H2. The molecule has 2 aromatic rings. The number of nitrogens with zero attached hydrogens (tertiary/aromatic N) is 1. The molecule has 0 spiro atoms. The minimum atomic E-state index is 0.385. The lowest BCUT2D eigenvalue weighted by Gasteiger charge is -1.89. The molecule has 3 nitrogen and oxygen atoms in total. The summed E-state index contributed by atoms with van der Waals surface area (Å²) >= 11 is 7.21. The molecule has 0 radical (unpaired) electrons. The topological polar surface area (TPSA) is 52.0 Å². The summed E-state index contributed by atoms with van der Waals surface area (Å²) in [5.41, 5.74) is 6.43. The molecular formula is C9H9ClN2OS. The van der Waals surface area contributed by atoms with Crippen molar-refractivity contribution in [3.63, 3.8) is 0 Å². The van der Waals surface area contributed by atoms with Crippen LogP contribution in [0.1, 0.15) is 5.69 Å². The van der Waals surface area contributed by atoms with Gasteiger partial charge >= 0.3 is 0 Å². The van der Waals surface area contributed by atoms with E-state index in [0.29, 0.717) is 17.5 Å². The van der Waals surface area contributed by atoms with Gasteiger partial charge in [-0.1, -0.05) is 0 Å². The summed E-state index contributed by atoms with van der Waals surface area (Å²) in [4.78, 5) is 4.37. The zero-order valence-electron chi connectivity index (χ0n) is 7.37. The van der Waals surface area contributed by atoms with Gasteiger partial charge in [-0.2, -0.15) is 0 Å². The molecule has 0 saturated carbocycles. The van der Waals surface area contributed by atoms with Crippen molar-refractivity contribution < 1.29 is 4.42 Å². The zero-order chi connectivity index (χ0) is 9.97. The number of aromatic nitrogens is 1. The predicted molar refractivity (Wildman–Crippen MR) is 57.6 cm³/mol.